The van der Waals surface area contributed by atoms with Gasteiger partial charge in [0.2, 0.25) is 0 Å². The number of hydrogen-bond acceptors (Lipinski definition) is 5. The SMILES string of the molecule is CCn1c(C(=O)N[C@H]2CC[C@H](CCN3CCc4sc(C5CC5)nc4C3)CC2)cccc1=O. The molecule has 3 heterocycles. The summed E-state index contributed by atoms with van der Waals surface area (Å²) in [6.07, 6.45) is 9.47. The van der Waals surface area contributed by atoms with Gasteiger partial charge in [0.15, 0.2) is 0 Å². The maximum atomic E-state index is 12.7. The van der Waals surface area contributed by atoms with Crippen molar-refractivity contribution in [1.82, 2.24) is 19.8 Å². The molecule has 1 N–H and O–H groups in total. The highest BCUT2D eigenvalue weighted by Crippen LogP contribution is 2.43. The second-order valence-electron chi connectivity index (χ2n) is 9.70. The van der Waals surface area contributed by atoms with Gasteiger partial charge in [-0.15, -0.1) is 11.3 Å². The molecule has 32 heavy (non-hydrogen) atoms. The molecule has 0 unspecified atom stereocenters. The average Bonchev–Trinajstić information content (AvgIpc) is 3.57. The fraction of sp³-hybridized carbons (Fsp3) is 0.640. The Hall–Kier alpha value is -1.99. The molecular formula is C25H34N4O2S. The number of aromatic nitrogens is 2. The smallest absolute Gasteiger partial charge is 0.268 e. The summed E-state index contributed by atoms with van der Waals surface area (Å²) in [6.45, 7) is 5.76. The van der Waals surface area contributed by atoms with E-state index in [2.05, 4.69) is 10.2 Å². The van der Waals surface area contributed by atoms with Crippen LogP contribution in [0.25, 0.3) is 0 Å². The number of nitrogens with one attached hydrogen (secondary N) is 1. The van der Waals surface area contributed by atoms with E-state index in [9.17, 15) is 9.59 Å². The minimum atomic E-state index is -0.119. The molecule has 0 spiro atoms. The third-order valence-electron chi connectivity index (χ3n) is 7.38. The lowest BCUT2D eigenvalue weighted by Gasteiger charge is -2.32. The van der Waals surface area contributed by atoms with E-state index >= 15 is 0 Å². The third kappa shape index (κ3) is 4.84. The van der Waals surface area contributed by atoms with Crippen LogP contribution in [-0.2, 0) is 19.5 Å². The van der Waals surface area contributed by atoms with Crippen molar-refractivity contribution in [3.8, 4) is 0 Å². The first-order valence-corrected chi connectivity index (χ1v) is 13.1. The van der Waals surface area contributed by atoms with E-state index in [4.69, 9.17) is 4.98 Å². The Balaban J connectivity index is 1.07. The highest BCUT2D eigenvalue weighted by molar-refractivity contribution is 7.11. The lowest BCUT2D eigenvalue weighted by Crippen LogP contribution is -2.40. The van der Waals surface area contributed by atoms with Crippen LogP contribution in [0.4, 0.5) is 0 Å². The van der Waals surface area contributed by atoms with Crippen LogP contribution in [-0.4, -0.2) is 39.5 Å². The summed E-state index contributed by atoms with van der Waals surface area (Å²) in [5.74, 6) is 1.39. The normalized spacial score (nSPS) is 23.7. The zero-order valence-corrected chi connectivity index (χ0v) is 19.8. The summed E-state index contributed by atoms with van der Waals surface area (Å²) in [5.41, 5.74) is 1.70. The molecule has 0 aromatic carbocycles. The van der Waals surface area contributed by atoms with Gasteiger partial charge >= 0.3 is 0 Å². The van der Waals surface area contributed by atoms with Crippen LogP contribution < -0.4 is 10.9 Å². The monoisotopic (exact) mass is 454 g/mol. The highest BCUT2D eigenvalue weighted by atomic mass is 32.1. The van der Waals surface area contributed by atoms with Gasteiger partial charge in [-0.05, 0) is 76.8 Å². The van der Waals surface area contributed by atoms with Gasteiger partial charge in [-0.1, -0.05) is 6.07 Å². The molecule has 5 rings (SSSR count). The molecule has 3 aliphatic rings. The zero-order chi connectivity index (χ0) is 22.1. The van der Waals surface area contributed by atoms with Crippen molar-refractivity contribution in [2.24, 2.45) is 5.92 Å². The van der Waals surface area contributed by atoms with E-state index < -0.39 is 0 Å². The first kappa shape index (κ1) is 21.8. The minimum Gasteiger partial charge on any atom is -0.348 e. The molecule has 7 heteroatoms. The van der Waals surface area contributed by atoms with Crippen molar-refractivity contribution in [2.45, 2.75) is 83.3 Å². The molecule has 0 saturated heterocycles. The van der Waals surface area contributed by atoms with E-state index in [1.165, 1.54) is 66.7 Å². The van der Waals surface area contributed by atoms with Crippen molar-refractivity contribution < 1.29 is 4.79 Å². The summed E-state index contributed by atoms with van der Waals surface area (Å²) < 4.78 is 1.54. The van der Waals surface area contributed by atoms with Gasteiger partial charge in [-0.3, -0.25) is 14.5 Å². The highest BCUT2D eigenvalue weighted by Gasteiger charge is 2.30. The van der Waals surface area contributed by atoms with E-state index in [0.717, 1.165) is 37.8 Å². The third-order valence-corrected chi connectivity index (χ3v) is 8.70. The van der Waals surface area contributed by atoms with E-state index in [0.29, 0.717) is 12.2 Å². The molecule has 0 bridgehead atoms. The first-order chi connectivity index (χ1) is 15.6. The second-order valence-corrected chi connectivity index (χ2v) is 10.8. The summed E-state index contributed by atoms with van der Waals surface area (Å²) in [4.78, 5) is 33.8. The number of pyridine rings is 1. The molecule has 172 valence electrons. The first-order valence-electron chi connectivity index (χ1n) is 12.3. The summed E-state index contributed by atoms with van der Waals surface area (Å²) in [6, 6.07) is 5.14. The number of fused-ring (bicyclic) bond motifs is 1. The van der Waals surface area contributed by atoms with Crippen molar-refractivity contribution in [3.63, 3.8) is 0 Å². The number of nitrogens with zero attached hydrogens (tertiary/aromatic N) is 3. The Kier molecular flexibility index (Phi) is 6.47. The molecule has 6 nitrogen and oxygen atoms in total. The van der Waals surface area contributed by atoms with Gasteiger partial charge in [0.1, 0.15) is 5.69 Å². The van der Waals surface area contributed by atoms with Crippen LogP contribution >= 0.6 is 11.3 Å². The maximum absolute atomic E-state index is 12.7. The van der Waals surface area contributed by atoms with Gasteiger partial charge in [-0.25, -0.2) is 4.98 Å². The molecule has 2 saturated carbocycles. The van der Waals surface area contributed by atoms with Gasteiger partial charge in [0.25, 0.3) is 11.5 Å². The molecule has 2 fully saturated rings. The average molecular weight is 455 g/mol. The number of carbonyl (C=O) groups is 1. The van der Waals surface area contributed by atoms with Crippen LogP contribution in [0.5, 0.6) is 0 Å². The zero-order valence-electron chi connectivity index (χ0n) is 19.0. The molecule has 2 aromatic rings. The van der Waals surface area contributed by atoms with Gasteiger partial charge in [0, 0.05) is 42.5 Å². The Bertz CT molecular complexity index is 1020. The molecule has 1 aliphatic heterocycles. The summed E-state index contributed by atoms with van der Waals surface area (Å²) in [5, 5.41) is 4.57. The predicted molar refractivity (Wildman–Crippen MR) is 127 cm³/mol. The van der Waals surface area contributed by atoms with E-state index in [1.807, 2.05) is 18.3 Å². The number of amides is 1. The van der Waals surface area contributed by atoms with Crippen molar-refractivity contribution in [1.29, 1.82) is 0 Å². The minimum absolute atomic E-state index is 0.116. The number of rotatable bonds is 7. The number of hydrogen-bond donors (Lipinski definition) is 1. The standard InChI is InChI=1S/C25H34N4O2S/c1-2-29-21(4-3-5-23(29)30)24(31)26-19-10-6-17(7-11-19)12-14-28-15-13-22-20(16-28)27-25(32-22)18-8-9-18/h3-5,17-19H,2,6-16H2,1H3,(H,26,31)/t17-,19-. The van der Waals surface area contributed by atoms with Gasteiger partial charge < -0.3 is 9.88 Å². The Morgan fingerprint density at radius 2 is 2.00 bits per heavy atom. The predicted octanol–water partition coefficient (Wildman–Crippen LogP) is 3.94. The van der Waals surface area contributed by atoms with Crippen LogP contribution in [0, 0.1) is 5.92 Å². The fourth-order valence-corrected chi connectivity index (χ4v) is 6.47. The summed E-state index contributed by atoms with van der Waals surface area (Å²) >= 11 is 1.97. The van der Waals surface area contributed by atoms with Crippen molar-refractivity contribution in [3.05, 3.63) is 49.8 Å². The lowest BCUT2D eigenvalue weighted by atomic mass is 9.84. The maximum Gasteiger partial charge on any atom is 0.268 e. The quantitative estimate of drug-likeness (QED) is 0.688. The van der Waals surface area contributed by atoms with Gasteiger partial charge in [-0.2, -0.15) is 0 Å². The second kappa shape index (κ2) is 9.48. The van der Waals surface area contributed by atoms with Crippen molar-refractivity contribution in [2.75, 3.05) is 13.1 Å². The summed E-state index contributed by atoms with van der Waals surface area (Å²) in [7, 11) is 0. The molecule has 0 atom stereocenters. The van der Waals surface area contributed by atoms with Crippen LogP contribution in [0.15, 0.2) is 23.0 Å². The number of carbonyl (C=O) groups excluding carboxylic acids is 1. The molecular weight excluding hydrogens is 420 g/mol. The Labute approximate surface area is 194 Å². The van der Waals surface area contributed by atoms with Crippen LogP contribution in [0.3, 0.4) is 0 Å². The molecule has 2 aromatic heterocycles. The largest absolute Gasteiger partial charge is 0.348 e. The fourth-order valence-electron chi connectivity index (χ4n) is 5.23. The van der Waals surface area contributed by atoms with Crippen molar-refractivity contribution >= 4 is 17.2 Å². The molecule has 0 radical (unpaired) electrons. The van der Waals surface area contributed by atoms with Gasteiger partial charge in [0.05, 0.1) is 10.7 Å². The molecule has 1 amide bonds. The molecule has 2 aliphatic carbocycles. The van der Waals surface area contributed by atoms with E-state index in [1.54, 1.807) is 16.7 Å². The topological polar surface area (TPSA) is 67.2 Å². The van der Waals surface area contributed by atoms with Crippen LogP contribution in [0.1, 0.15) is 83.9 Å². The Morgan fingerprint density at radius 1 is 1.19 bits per heavy atom. The Morgan fingerprint density at radius 3 is 2.75 bits per heavy atom. The lowest BCUT2D eigenvalue weighted by molar-refractivity contribution is 0.0909. The van der Waals surface area contributed by atoms with Crippen LogP contribution in [0.2, 0.25) is 0 Å². The number of thiazole rings is 1. The van der Waals surface area contributed by atoms with E-state index in [-0.39, 0.29) is 17.5 Å².